The Balaban J connectivity index is 1.33. The zero-order chi connectivity index (χ0) is 26.3. The van der Waals surface area contributed by atoms with Crippen LogP contribution in [0.1, 0.15) is 44.2 Å². The van der Waals surface area contributed by atoms with Gasteiger partial charge in [0, 0.05) is 25.8 Å². The fourth-order valence-electron chi connectivity index (χ4n) is 5.87. The van der Waals surface area contributed by atoms with Gasteiger partial charge in [0.05, 0.1) is 16.9 Å². The van der Waals surface area contributed by atoms with Gasteiger partial charge >= 0.3 is 0 Å². The molecule has 2 aliphatic carbocycles. The lowest BCUT2D eigenvalue weighted by Gasteiger charge is -2.30. The van der Waals surface area contributed by atoms with Crippen LogP contribution in [0, 0.1) is 24.7 Å². The van der Waals surface area contributed by atoms with Gasteiger partial charge in [-0.2, -0.15) is 0 Å². The fourth-order valence-corrected chi connectivity index (χ4v) is 7.84. The van der Waals surface area contributed by atoms with Crippen LogP contribution >= 0.6 is 11.8 Å². The molecule has 2 saturated carbocycles. The van der Waals surface area contributed by atoms with Gasteiger partial charge in [-0.25, -0.2) is 12.7 Å². The van der Waals surface area contributed by atoms with Crippen molar-refractivity contribution in [3.63, 3.8) is 0 Å². The molecule has 9 nitrogen and oxygen atoms in total. The van der Waals surface area contributed by atoms with Gasteiger partial charge in [-0.15, -0.1) is 10.2 Å². The summed E-state index contributed by atoms with van der Waals surface area (Å²) in [5, 5.41) is 12.4. The van der Waals surface area contributed by atoms with Gasteiger partial charge < -0.3 is 9.73 Å². The number of sulfonamides is 1. The first-order valence-electron chi connectivity index (χ1n) is 12.6. The number of fused-ring (bicyclic) bond motifs is 2. The van der Waals surface area contributed by atoms with E-state index in [1.54, 1.807) is 25.3 Å². The number of hydrogen-bond donors (Lipinski definition) is 1. The van der Waals surface area contributed by atoms with Gasteiger partial charge in [-0.1, -0.05) is 24.2 Å². The van der Waals surface area contributed by atoms with E-state index in [4.69, 9.17) is 4.42 Å². The molecule has 0 spiro atoms. The topological polar surface area (TPSA) is 110 Å². The molecule has 5 rings (SSSR count). The van der Waals surface area contributed by atoms with Crippen LogP contribution in [0.15, 0.2) is 51.1 Å². The second-order valence-electron chi connectivity index (χ2n) is 10.3. The van der Waals surface area contributed by atoms with E-state index in [0.717, 1.165) is 16.1 Å². The highest BCUT2D eigenvalue weighted by Crippen LogP contribution is 2.53. The lowest BCUT2D eigenvalue weighted by Crippen LogP contribution is -2.24. The highest BCUT2D eigenvalue weighted by Gasteiger charge is 2.43. The summed E-state index contributed by atoms with van der Waals surface area (Å²) in [5.74, 6) is 3.31. The molecule has 2 aromatic heterocycles. The molecule has 0 saturated heterocycles. The molecule has 2 fully saturated rings. The zero-order valence-electron chi connectivity index (χ0n) is 21.5. The summed E-state index contributed by atoms with van der Waals surface area (Å²) in [4.78, 5) is 13.0. The largest absolute Gasteiger partial charge is 0.461 e. The molecular formula is C26H33N5O4S2. The van der Waals surface area contributed by atoms with E-state index in [0.29, 0.717) is 33.9 Å². The molecule has 1 amide bonds. The first-order chi connectivity index (χ1) is 17.6. The monoisotopic (exact) mass is 543 g/mol. The molecule has 0 unspecified atom stereocenters. The van der Waals surface area contributed by atoms with E-state index in [2.05, 4.69) is 27.0 Å². The minimum absolute atomic E-state index is 0.114. The first kappa shape index (κ1) is 26.0. The molecule has 2 aliphatic rings. The van der Waals surface area contributed by atoms with Crippen molar-refractivity contribution < 1.29 is 17.6 Å². The van der Waals surface area contributed by atoms with E-state index in [1.165, 1.54) is 57.6 Å². The molecule has 0 radical (unpaired) electrons. The number of nitrogens with one attached hydrogen (secondary N) is 1. The maximum atomic E-state index is 12.9. The lowest BCUT2D eigenvalue weighted by atomic mass is 9.84. The Kier molecular flexibility index (Phi) is 7.21. The third kappa shape index (κ3) is 5.08. The van der Waals surface area contributed by atoms with Crippen LogP contribution in [0.4, 0.5) is 5.69 Å². The number of nitrogens with zero attached hydrogens (tertiary/aromatic N) is 4. The van der Waals surface area contributed by atoms with Crippen LogP contribution in [0.3, 0.4) is 0 Å². The van der Waals surface area contributed by atoms with E-state index in [1.807, 2.05) is 12.1 Å². The summed E-state index contributed by atoms with van der Waals surface area (Å²) >= 11 is 1.33. The number of carbonyl (C=O) groups is 1. The number of amides is 1. The van der Waals surface area contributed by atoms with Crippen LogP contribution in [0.5, 0.6) is 0 Å². The predicted molar refractivity (Wildman–Crippen MR) is 143 cm³/mol. The van der Waals surface area contributed by atoms with Crippen LogP contribution in [0.2, 0.25) is 0 Å². The van der Waals surface area contributed by atoms with Crippen LogP contribution in [-0.4, -0.2) is 53.2 Å². The first-order valence-corrected chi connectivity index (χ1v) is 15.0. The number of aryl methyl sites for hydroxylation is 1. The molecule has 0 aliphatic heterocycles. The number of benzene rings is 1. The molecule has 2 bridgehead atoms. The van der Waals surface area contributed by atoms with Gasteiger partial charge in [0.2, 0.25) is 21.8 Å². The maximum Gasteiger partial charge on any atom is 0.242 e. The quantitative estimate of drug-likeness (QED) is 0.385. The Labute approximate surface area is 222 Å². The van der Waals surface area contributed by atoms with E-state index in [9.17, 15) is 13.2 Å². The van der Waals surface area contributed by atoms with Crippen molar-refractivity contribution in [2.75, 3.05) is 25.2 Å². The molecule has 1 N–H and O–H groups in total. The average molecular weight is 544 g/mol. The van der Waals surface area contributed by atoms with Crippen LogP contribution in [0.25, 0.3) is 11.6 Å². The summed E-state index contributed by atoms with van der Waals surface area (Å²) in [5.41, 5.74) is 1.05. The highest BCUT2D eigenvalue weighted by molar-refractivity contribution is 7.99. The maximum absolute atomic E-state index is 12.9. The standard InChI is InChI=1S/C26H33N5O4S2/c1-16-7-10-20(14-23(16)37(33,34)30(3)4)27-24(32)15-36-26-29-28-25(22-6-5-11-35-22)31(26)17(2)21-13-18-8-9-19(21)12-18/h5-7,10-11,14,17-19,21H,8-9,12-13,15H2,1-4H3,(H,27,32)/t17-,18+,19+,21-/m1/s1. The van der Waals surface area contributed by atoms with Crippen molar-refractivity contribution in [3.8, 4) is 11.6 Å². The molecule has 2 heterocycles. The van der Waals surface area contributed by atoms with Crippen LogP contribution in [-0.2, 0) is 14.8 Å². The molecule has 37 heavy (non-hydrogen) atoms. The van der Waals surface area contributed by atoms with E-state index >= 15 is 0 Å². The summed E-state index contributed by atoms with van der Waals surface area (Å²) in [6.45, 7) is 3.96. The Morgan fingerprint density at radius 3 is 2.70 bits per heavy atom. The second-order valence-corrected chi connectivity index (χ2v) is 13.4. The molecule has 11 heteroatoms. The third-order valence-electron chi connectivity index (χ3n) is 7.79. The molecule has 1 aromatic carbocycles. The van der Waals surface area contributed by atoms with Crippen LogP contribution < -0.4 is 5.32 Å². The zero-order valence-corrected chi connectivity index (χ0v) is 23.2. The van der Waals surface area contributed by atoms with Gasteiger partial charge in [-0.3, -0.25) is 9.36 Å². The van der Waals surface area contributed by atoms with Crippen molar-refractivity contribution >= 4 is 33.4 Å². The Bertz CT molecular complexity index is 1380. The second kappa shape index (κ2) is 10.3. The summed E-state index contributed by atoms with van der Waals surface area (Å²) < 4.78 is 34.2. The summed E-state index contributed by atoms with van der Waals surface area (Å²) in [6, 6.07) is 8.81. The van der Waals surface area contributed by atoms with Crippen molar-refractivity contribution in [3.05, 3.63) is 42.2 Å². The van der Waals surface area contributed by atoms with Gasteiger partial charge in [-0.05, 0) is 80.7 Å². The number of carbonyl (C=O) groups excluding carboxylic acids is 1. The molecule has 3 aromatic rings. The molecular weight excluding hydrogens is 510 g/mol. The van der Waals surface area contributed by atoms with E-state index in [-0.39, 0.29) is 22.6 Å². The normalized spacial score (nSPS) is 22.0. The Morgan fingerprint density at radius 2 is 2.05 bits per heavy atom. The highest BCUT2D eigenvalue weighted by atomic mass is 32.2. The van der Waals surface area contributed by atoms with Gasteiger partial charge in [0.15, 0.2) is 10.9 Å². The molecule has 4 atom stereocenters. The number of anilines is 1. The van der Waals surface area contributed by atoms with E-state index < -0.39 is 10.0 Å². The number of thioether (sulfide) groups is 1. The minimum atomic E-state index is -3.62. The number of rotatable bonds is 9. The van der Waals surface area contributed by atoms with Gasteiger partial charge in [0.1, 0.15) is 0 Å². The van der Waals surface area contributed by atoms with Crippen molar-refractivity contribution in [1.29, 1.82) is 0 Å². The Morgan fingerprint density at radius 1 is 1.24 bits per heavy atom. The SMILES string of the molecule is Cc1ccc(NC(=O)CSc2nnc(-c3ccco3)n2[C@H](C)[C@H]2C[C@H]3CC[C@H]2C3)cc1S(=O)(=O)N(C)C. The van der Waals surface area contributed by atoms with Crippen molar-refractivity contribution in [1.82, 2.24) is 19.1 Å². The van der Waals surface area contributed by atoms with Gasteiger partial charge in [0.25, 0.3) is 0 Å². The summed E-state index contributed by atoms with van der Waals surface area (Å²) in [6.07, 6.45) is 6.77. The predicted octanol–water partition coefficient (Wildman–Crippen LogP) is 4.82. The number of hydrogen-bond acceptors (Lipinski definition) is 7. The third-order valence-corrected chi connectivity index (χ3v) is 10.7. The summed E-state index contributed by atoms with van der Waals surface area (Å²) in [7, 11) is -0.646. The average Bonchev–Trinajstić information content (AvgIpc) is 3.67. The van der Waals surface area contributed by atoms with Crippen molar-refractivity contribution in [2.45, 2.75) is 55.6 Å². The van der Waals surface area contributed by atoms with Crippen molar-refractivity contribution in [2.24, 2.45) is 17.8 Å². The lowest BCUT2D eigenvalue weighted by molar-refractivity contribution is -0.113. The number of furan rings is 1. The number of aromatic nitrogens is 3. The Hall–Kier alpha value is -2.63. The fraction of sp³-hybridized carbons (Fsp3) is 0.500. The minimum Gasteiger partial charge on any atom is -0.461 e. The molecule has 198 valence electrons. The smallest absolute Gasteiger partial charge is 0.242 e.